The molecule has 2 heterocycles. The van der Waals surface area contributed by atoms with E-state index in [2.05, 4.69) is 38.5 Å². The maximum Gasteiger partial charge on any atom is 0.162 e. The smallest absolute Gasteiger partial charge is 0.162 e. The van der Waals surface area contributed by atoms with Gasteiger partial charge < -0.3 is 20.4 Å². The lowest BCUT2D eigenvalue weighted by atomic mass is 10.1. The van der Waals surface area contributed by atoms with E-state index in [0.717, 1.165) is 21.9 Å². The number of aryl methyl sites for hydroxylation is 4. The number of fused-ring (bicyclic) bond motifs is 1. The predicted molar refractivity (Wildman–Crippen MR) is 198 cm³/mol. The van der Waals surface area contributed by atoms with Crippen molar-refractivity contribution in [1.29, 1.82) is 0 Å². The largest absolute Gasteiger partial charge is 0.508 e. The van der Waals surface area contributed by atoms with Gasteiger partial charge in [0.1, 0.15) is 58.5 Å². The summed E-state index contributed by atoms with van der Waals surface area (Å²) >= 11 is 0. The van der Waals surface area contributed by atoms with Crippen molar-refractivity contribution < 1.29 is 20.4 Å². The molecule has 4 aromatic carbocycles. The van der Waals surface area contributed by atoms with Gasteiger partial charge >= 0.3 is 0 Å². The average molecular weight is 668 g/mol. The monoisotopic (exact) mass is 667 g/mol. The lowest BCUT2D eigenvalue weighted by Crippen LogP contribution is -2.19. The van der Waals surface area contributed by atoms with Crippen LogP contribution < -0.4 is 0 Å². The molecular formula is C38H51O4S3+3. The van der Waals surface area contributed by atoms with Gasteiger partial charge in [-0.15, -0.1) is 0 Å². The fourth-order valence-corrected chi connectivity index (χ4v) is 12.4. The Morgan fingerprint density at radius 1 is 0.533 bits per heavy atom. The maximum absolute atomic E-state index is 9.73. The molecule has 0 aliphatic carbocycles. The van der Waals surface area contributed by atoms with Gasteiger partial charge in [0.05, 0.1) is 0 Å². The van der Waals surface area contributed by atoms with E-state index in [9.17, 15) is 20.4 Å². The van der Waals surface area contributed by atoms with Gasteiger partial charge in [-0.05, 0) is 132 Å². The molecule has 0 spiro atoms. The molecular weight excluding hydrogens is 617 g/mol. The zero-order valence-corrected chi connectivity index (χ0v) is 30.2. The first-order chi connectivity index (χ1) is 21.5. The van der Waals surface area contributed by atoms with Gasteiger partial charge in [0.25, 0.3) is 0 Å². The molecule has 4 nitrogen and oxygen atoms in total. The third kappa shape index (κ3) is 9.24. The highest BCUT2D eigenvalue weighted by molar-refractivity contribution is 7.97. The highest BCUT2D eigenvalue weighted by atomic mass is 32.2. The van der Waals surface area contributed by atoms with Gasteiger partial charge in [0, 0.05) is 54.6 Å². The summed E-state index contributed by atoms with van der Waals surface area (Å²) < 4.78 is 0. The number of hydrogen-bond acceptors (Lipinski definition) is 4. The standard InChI is InChI=1S/2C13H18OS.C12H12O2S/c1-10-8-12(9-11(2)13(10)14)15-6-4-3-5-7-15;1-10-8-12(14)9-11(2)13(10)15-6-4-3-5-7-15;1-15(2)12-6-5-11(14)9-4-3-8(13)7-10(9)12/h2*8-9H,3-7H2,1-2H3;3-7H,1-2H3,(H-,13,14)/p+3. The summed E-state index contributed by atoms with van der Waals surface area (Å²) in [4.78, 5) is 4.15. The highest BCUT2D eigenvalue weighted by Gasteiger charge is 2.28. The Balaban J connectivity index is 0.000000154. The van der Waals surface area contributed by atoms with Crippen LogP contribution in [0.25, 0.3) is 10.8 Å². The van der Waals surface area contributed by atoms with E-state index in [4.69, 9.17) is 0 Å². The number of hydrogen-bond donors (Lipinski definition) is 4. The fourth-order valence-electron chi connectivity index (χ4n) is 6.22. The second-order valence-electron chi connectivity index (χ2n) is 12.4. The van der Waals surface area contributed by atoms with Crippen LogP contribution in [0.1, 0.15) is 60.8 Å². The van der Waals surface area contributed by atoms with Crippen LogP contribution in [0.2, 0.25) is 0 Å². The summed E-state index contributed by atoms with van der Waals surface area (Å²) in [6, 6.07) is 16.8. The van der Waals surface area contributed by atoms with Crippen LogP contribution in [0.15, 0.2) is 69.3 Å². The quantitative estimate of drug-likeness (QED) is 0.165. The Kier molecular flexibility index (Phi) is 12.8. The van der Waals surface area contributed by atoms with E-state index in [1.807, 2.05) is 32.0 Å². The molecule has 2 saturated heterocycles. The second kappa shape index (κ2) is 16.3. The molecule has 0 aromatic heterocycles. The lowest BCUT2D eigenvalue weighted by molar-refractivity contribution is 0.466. The third-order valence-corrected chi connectivity index (χ3v) is 15.0. The van der Waals surface area contributed by atoms with Crippen molar-refractivity contribution in [3.63, 3.8) is 0 Å². The predicted octanol–water partition coefficient (Wildman–Crippen LogP) is 8.83. The molecule has 0 bridgehead atoms. The van der Waals surface area contributed by atoms with Crippen LogP contribution in [-0.4, -0.2) is 55.9 Å². The number of benzene rings is 4. The molecule has 0 unspecified atom stereocenters. The molecule has 0 atom stereocenters. The first-order valence-corrected chi connectivity index (χ1v) is 21.1. The number of phenolic OH excluding ortho intramolecular Hbond substituents is 4. The van der Waals surface area contributed by atoms with Crippen molar-refractivity contribution in [3.8, 4) is 23.0 Å². The van der Waals surface area contributed by atoms with Crippen molar-refractivity contribution in [2.75, 3.05) is 35.5 Å². The van der Waals surface area contributed by atoms with E-state index in [0.29, 0.717) is 33.3 Å². The minimum absolute atomic E-state index is 0.108. The van der Waals surface area contributed by atoms with Crippen molar-refractivity contribution in [2.24, 2.45) is 0 Å². The Morgan fingerprint density at radius 2 is 1.07 bits per heavy atom. The number of rotatable bonds is 3. The highest BCUT2D eigenvalue weighted by Crippen LogP contribution is 2.33. The van der Waals surface area contributed by atoms with E-state index in [1.54, 1.807) is 24.3 Å². The first kappa shape index (κ1) is 35.2. The Bertz CT molecular complexity index is 1540. The summed E-state index contributed by atoms with van der Waals surface area (Å²) in [5.74, 6) is 6.79. The molecule has 2 fully saturated rings. The lowest BCUT2D eigenvalue weighted by Gasteiger charge is -2.16. The zero-order chi connectivity index (χ0) is 32.7. The van der Waals surface area contributed by atoms with E-state index < -0.39 is 0 Å². The van der Waals surface area contributed by atoms with E-state index >= 15 is 0 Å². The summed E-state index contributed by atoms with van der Waals surface area (Å²) in [6.07, 6.45) is 12.6. The number of aromatic hydroxyl groups is 4. The molecule has 0 radical (unpaired) electrons. The third-order valence-electron chi connectivity index (χ3n) is 8.47. The first-order valence-electron chi connectivity index (χ1n) is 15.9. The molecule has 45 heavy (non-hydrogen) atoms. The zero-order valence-electron chi connectivity index (χ0n) is 27.8. The SMILES string of the molecule is C[S+](C)c1ccc(O)c2ccc(O)cc12.Cc1cc(O)cc(C)c1[S+]1CCCCC1.Cc1cc([S+]2CCCCC2)cc(C)c1O. The maximum atomic E-state index is 9.73. The molecule has 0 saturated carbocycles. The minimum atomic E-state index is 0.108. The van der Waals surface area contributed by atoms with E-state index in [1.165, 1.54) is 87.3 Å². The Morgan fingerprint density at radius 3 is 1.60 bits per heavy atom. The van der Waals surface area contributed by atoms with Gasteiger partial charge in [-0.2, -0.15) is 0 Å². The normalized spacial score (nSPS) is 15.7. The summed E-state index contributed by atoms with van der Waals surface area (Å²) in [5, 5.41) is 40.1. The van der Waals surface area contributed by atoms with Crippen LogP contribution in [-0.2, 0) is 32.7 Å². The number of phenols is 4. The van der Waals surface area contributed by atoms with Crippen molar-refractivity contribution in [3.05, 3.63) is 76.9 Å². The molecule has 4 N–H and O–H groups in total. The summed E-state index contributed by atoms with van der Waals surface area (Å²) in [6.45, 7) is 8.26. The van der Waals surface area contributed by atoms with Crippen LogP contribution in [0.5, 0.6) is 23.0 Å². The molecule has 6 rings (SSSR count). The summed E-state index contributed by atoms with van der Waals surface area (Å²) in [5.41, 5.74) is 4.61. The fraction of sp³-hybridized carbons (Fsp3) is 0.421. The van der Waals surface area contributed by atoms with Crippen molar-refractivity contribution >= 4 is 43.5 Å². The van der Waals surface area contributed by atoms with Gasteiger partial charge in [0.15, 0.2) is 14.7 Å². The van der Waals surface area contributed by atoms with Gasteiger partial charge in [-0.1, -0.05) is 0 Å². The molecule has 4 aromatic rings. The molecule has 7 heteroatoms. The molecule has 2 aliphatic rings. The molecule has 2 aliphatic heterocycles. The van der Waals surface area contributed by atoms with Gasteiger partial charge in [-0.3, -0.25) is 0 Å². The van der Waals surface area contributed by atoms with Crippen LogP contribution in [0.3, 0.4) is 0 Å². The van der Waals surface area contributed by atoms with Crippen LogP contribution in [0.4, 0.5) is 0 Å². The topological polar surface area (TPSA) is 80.9 Å². The van der Waals surface area contributed by atoms with Crippen molar-refractivity contribution in [1.82, 2.24) is 0 Å². The average Bonchev–Trinajstić information content (AvgIpc) is 3.01. The van der Waals surface area contributed by atoms with Gasteiger partial charge in [-0.25, -0.2) is 0 Å². The second-order valence-corrected chi connectivity index (χ2v) is 18.9. The van der Waals surface area contributed by atoms with E-state index in [-0.39, 0.29) is 22.4 Å². The van der Waals surface area contributed by atoms with Crippen LogP contribution in [0, 0.1) is 27.7 Å². The van der Waals surface area contributed by atoms with Crippen molar-refractivity contribution in [2.45, 2.75) is 80.9 Å². The van der Waals surface area contributed by atoms with Gasteiger partial charge in [0.2, 0.25) is 0 Å². The minimum Gasteiger partial charge on any atom is -0.508 e. The summed E-state index contributed by atoms with van der Waals surface area (Å²) in [7, 11) is 1.01. The Hall–Kier alpha value is -2.61. The van der Waals surface area contributed by atoms with Crippen LogP contribution >= 0.6 is 0 Å². The molecule has 242 valence electrons. The molecule has 0 amide bonds. The Labute approximate surface area is 279 Å².